The first-order valence-corrected chi connectivity index (χ1v) is 7.92. The van der Waals surface area contributed by atoms with Gasteiger partial charge >= 0.3 is 5.97 Å². The van der Waals surface area contributed by atoms with Crippen molar-refractivity contribution in [2.45, 2.75) is 38.6 Å². The Kier molecular flexibility index (Phi) is 5.47. The molecule has 1 heterocycles. The van der Waals surface area contributed by atoms with Gasteiger partial charge in [0.1, 0.15) is 0 Å². The number of carboxylic acids is 1. The van der Waals surface area contributed by atoms with E-state index >= 15 is 0 Å². The Bertz CT molecular complexity index is 533. The van der Waals surface area contributed by atoms with Crippen LogP contribution in [0.3, 0.4) is 0 Å². The molecule has 116 valence electrons. The molecule has 2 rings (SSSR count). The number of nitrogens with two attached hydrogens (primary N) is 1. The second kappa shape index (κ2) is 7.13. The molecule has 1 aliphatic heterocycles. The van der Waals surface area contributed by atoms with Gasteiger partial charge < -0.3 is 20.3 Å². The zero-order chi connectivity index (χ0) is 15.4. The first-order valence-electron chi connectivity index (χ1n) is 7.12. The van der Waals surface area contributed by atoms with E-state index in [-0.39, 0.29) is 12.5 Å². The van der Waals surface area contributed by atoms with Crippen molar-refractivity contribution < 1.29 is 19.4 Å². The molecular weight excluding hydrogens is 338 g/mol. The van der Waals surface area contributed by atoms with Gasteiger partial charge in [-0.25, -0.2) is 0 Å². The smallest absolute Gasteiger partial charge is 0.303 e. The Labute approximate surface area is 132 Å². The summed E-state index contributed by atoms with van der Waals surface area (Å²) in [5, 5.41) is 8.81. The van der Waals surface area contributed by atoms with E-state index in [2.05, 4.69) is 15.9 Å². The summed E-state index contributed by atoms with van der Waals surface area (Å²) >= 11 is 3.50. The highest BCUT2D eigenvalue weighted by Gasteiger charge is 2.23. The van der Waals surface area contributed by atoms with Gasteiger partial charge in [-0.05, 0) is 40.4 Å². The highest BCUT2D eigenvalue weighted by Crippen LogP contribution is 2.43. The van der Waals surface area contributed by atoms with Crippen molar-refractivity contribution in [3.63, 3.8) is 0 Å². The Morgan fingerprint density at radius 3 is 2.71 bits per heavy atom. The number of benzene rings is 1. The molecule has 1 aliphatic rings. The minimum atomic E-state index is -0.836. The van der Waals surface area contributed by atoms with E-state index in [1.165, 1.54) is 0 Å². The average molecular weight is 358 g/mol. The molecule has 5 nitrogen and oxygen atoms in total. The Hall–Kier alpha value is -1.27. The maximum atomic E-state index is 10.7. The topological polar surface area (TPSA) is 81.8 Å². The normalized spacial score (nSPS) is 15.4. The summed E-state index contributed by atoms with van der Waals surface area (Å²) in [6.45, 7) is 3.27. The fourth-order valence-electron chi connectivity index (χ4n) is 2.49. The summed E-state index contributed by atoms with van der Waals surface area (Å²) < 4.78 is 12.4. The molecule has 0 amide bonds. The Morgan fingerprint density at radius 1 is 1.43 bits per heavy atom. The number of rotatable bonds is 5. The predicted molar refractivity (Wildman–Crippen MR) is 82.9 cm³/mol. The summed E-state index contributed by atoms with van der Waals surface area (Å²) in [5.41, 5.74) is 8.11. The summed E-state index contributed by atoms with van der Waals surface area (Å²) in [7, 11) is 0. The van der Waals surface area contributed by atoms with Crippen molar-refractivity contribution in [3.8, 4) is 11.5 Å². The van der Waals surface area contributed by atoms with Gasteiger partial charge in [-0.15, -0.1) is 0 Å². The van der Waals surface area contributed by atoms with Crippen LogP contribution in [0, 0.1) is 0 Å². The number of ether oxygens (including phenoxy) is 2. The van der Waals surface area contributed by atoms with Crippen LogP contribution in [-0.2, 0) is 11.2 Å². The average Bonchev–Trinajstić information content (AvgIpc) is 2.70. The molecule has 0 aliphatic carbocycles. The summed E-state index contributed by atoms with van der Waals surface area (Å²) in [6, 6.07) is 1.60. The molecular formula is C15H20BrNO4. The van der Waals surface area contributed by atoms with Crippen LogP contribution in [0.2, 0.25) is 0 Å². The van der Waals surface area contributed by atoms with Gasteiger partial charge in [0.15, 0.2) is 11.5 Å². The maximum absolute atomic E-state index is 10.7. The number of aliphatic carboxylic acids is 1. The number of carboxylic acid groups (broad SMARTS) is 1. The van der Waals surface area contributed by atoms with E-state index in [9.17, 15) is 4.79 Å². The molecule has 0 saturated carbocycles. The lowest BCUT2D eigenvalue weighted by molar-refractivity contribution is -0.137. The third-order valence-electron chi connectivity index (χ3n) is 3.53. The van der Waals surface area contributed by atoms with Gasteiger partial charge in [0.05, 0.1) is 17.7 Å². The summed E-state index contributed by atoms with van der Waals surface area (Å²) in [5.74, 6) is 0.626. The standard InChI is InChI=1S/C15H20BrNO4/c1-2-9-10(12(17)4-5-13(18)19)8-11(16)15-14(9)20-6-3-7-21-15/h8,12H,2-7,17H2,1H3,(H,18,19). The Balaban J connectivity index is 2.39. The van der Waals surface area contributed by atoms with Gasteiger partial charge in [0, 0.05) is 24.4 Å². The molecule has 1 aromatic carbocycles. The van der Waals surface area contributed by atoms with Crippen molar-refractivity contribution >= 4 is 21.9 Å². The van der Waals surface area contributed by atoms with Gasteiger partial charge in [0.2, 0.25) is 0 Å². The van der Waals surface area contributed by atoms with Crippen LogP contribution >= 0.6 is 15.9 Å². The van der Waals surface area contributed by atoms with Crippen LogP contribution in [0.25, 0.3) is 0 Å². The molecule has 1 unspecified atom stereocenters. The van der Waals surface area contributed by atoms with Gasteiger partial charge in [0.25, 0.3) is 0 Å². The van der Waals surface area contributed by atoms with Gasteiger partial charge in [-0.3, -0.25) is 4.79 Å². The molecule has 21 heavy (non-hydrogen) atoms. The first kappa shape index (κ1) is 16.1. The largest absolute Gasteiger partial charge is 0.489 e. The molecule has 1 aromatic rings. The first-order chi connectivity index (χ1) is 10.0. The van der Waals surface area contributed by atoms with Crippen LogP contribution in [0.5, 0.6) is 11.5 Å². The summed E-state index contributed by atoms with van der Waals surface area (Å²) in [6.07, 6.45) is 2.05. The minimum absolute atomic E-state index is 0.0520. The van der Waals surface area contributed by atoms with E-state index < -0.39 is 5.97 Å². The van der Waals surface area contributed by atoms with E-state index in [1.807, 2.05) is 13.0 Å². The maximum Gasteiger partial charge on any atom is 0.303 e. The van der Waals surface area contributed by atoms with Crippen molar-refractivity contribution in [1.82, 2.24) is 0 Å². The summed E-state index contributed by atoms with van der Waals surface area (Å²) in [4.78, 5) is 10.7. The van der Waals surface area contributed by atoms with Crippen LogP contribution in [0.1, 0.15) is 43.4 Å². The van der Waals surface area contributed by atoms with Gasteiger partial charge in [-0.2, -0.15) is 0 Å². The lowest BCUT2D eigenvalue weighted by atomic mass is 9.94. The molecule has 0 radical (unpaired) electrons. The molecule has 0 bridgehead atoms. The molecule has 1 atom stereocenters. The predicted octanol–water partition coefficient (Wildman–Crippen LogP) is 3.04. The SMILES string of the molecule is CCc1c(C(N)CCC(=O)O)cc(Br)c2c1OCCCO2. The third-order valence-corrected chi connectivity index (χ3v) is 4.12. The van der Waals surface area contributed by atoms with Crippen molar-refractivity contribution in [2.24, 2.45) is 5.73 Å². The zero-order valence-electron chi connectivity index (χ0n) is 12.0. The van der Waals surface area contributed by atoms with E-state index in [1.54, 1.807) is 0 Å². The van der Waals surface area contributed by atoms with Crippen molar-refractivity contribution in [1.29, 1.82) is 0 Å². The minimum Gasteiger partial charge on any atom is -0.489 e. The fraction of sp³-hybridized carbons (Fsp3) is 0.533. The van der Waals surface area contributed by atoms with Crippen LogP contribution < -0.4 is 15.2 Å². The molecule has 0 aromatic heterocycles. The molecule has 6 heteroatoms. The van der Waals surface area contributed by atoms with E-state index in [0.717, 1.165) is 39.9 Å². The monoisotopic (exact) mass is 357 g/mol. The van der Waals surface area contributed by atoms with Crippen LogP contribution in [0.15, 0.2) is 10.5 Å². The second-order valence-electron chi connectivity index (χ2n) is 5.03. The lowest BCUT2D eigenvalue weighted by Crippen LogP contribution is -2.15. The van der Waals surface area contributed by atoms with E-state index in [4.69, 9.17) is 20.3 Å². The molecule has 3 N–H and O–H groups in total. The number of hydrogen-bond donors (Lipinski definition) is 2. The number of halogens is 1. The zero-order valence-corrected chi connectivity index (χ0v) is 13.6. The quantitative estimate of drug-likeness (QED) is 0.846. The lowest BCUT2D eigenvalue weighted by Gasteiger charge is -2.21. The van der Waals surface area contributed by atoms with Crippen molar-refractivity contribution in [2.75, 3.05) is 13.2 Å². The third kappa shape index (κ3) is 3.68. The van der Waals surface area contributed by atoms with Gasteiger partial charge in [-0.1, -0.05) is 6.92 Å². The van der Waals surface area contributed by atoms with Crippen LogP contribution in [-0.4, -0.2) is 24.3 Å². The fourth-order valence-corrected chi connectivity index (χ4v) is 3.03. The molecule has 0 spiro atoms. The highest BCUT2D eigenvalue weighted by molar-refractivity contribution is 9.10. The van der Waals surface area contributed by atoms with E-state index in [0.29, 0.717) is 19.6 Å². The highest BCUT2D eigenvalue weighted by atomic mass is 79.9. The Morgan fingerprint density at radius 2 is 2.10 bits per heavy atom. The van der Waals surface area contributed by atoms with Crippen molar-refractivity contribution in [3.05, 3.63) is 21.7 Å². The molecule has 0 fully saturated rings. The second-order valence-corrected chi connectivity index (χ2v) is 5.88. The number of hydrogen-bond acceptors (Lipinski definition) is 4. The molecule has 0 saturated heterocycles. The number of carbonyl (C=O) groups is 1. The number of fused-ring (bicyclic) bond motifs is 1. The van der Waals surface area contributed by atoms with Crippen LogP contribution in [0.4, 0.5) is 0 Å².